The first-order chi connectivity index (χ1) is 11.9. The average Bonchev–Trinajstić information content (AvgIpc) is 3.01. The monoisotopic (exact) mass is 371 g/mol. The van der Waals surface area contributed by atoms with E-state index < -0.39 is 17.2 Å². The van der Waals surface area contributed by atoms with Gasteiger partial charge in [0, 0.05) is 28.8 Å². The van der Waals surface area contributed by atoms with Crippen LogP contribution in [0.1, 0.15) is 19.5 Å². The molecule has 0 saturated carbocycles. The van der Waals surface area contributed by atoms with Crippen molar-refractivity contribution in [2.45, 2.75) is 19.6 Å². The van der Waals surface area contributed by atoms with Gasteiger partial charge in [-0.15, -0.1) is 23.1 Å². The van der Waals surface area contributed by atoms with Crippen LogP contribution in [0.4, 0.5) is 0 Å². The number of thioether (sulfide) groups is 1. The van der Waals surface area contributed by atoms with Crippen molar-refractivity contribution in [3.8, 4) is 12.1 Å². The topological polar surface area (TPSA) is 111 Å². The Morgan fingerprint density at radius 2 is 2.20 bits per heavy atom. The van der Waals surface area contributed by atoms with Gasteiger partial charge in [0.25, 0.3) is 5.56 Å². The molecule has 1 amide bonds. The van der Waals surface area contributed by atoms with Gasteiger partial charge < -0.3 is 5.32 Å². The SMILES string of the molecule is CC1(C)C(C#N)=C(SCc2cc(=O)n3ccsc3n2)NC(=O)[C@H]1C#N. The van der Waals surface area contributed by atoms with Crippen molar-refractivity contribution in [2.24, 2.45) is 11.3 Å². The van der Waals surface area contributed by atoms with E-state index in [0.29, 0.717) is 27.0 Å². The minimum absolute atomic E-state index is 0.172. The largest absolute Gasteiger partial charge is 0.319 e. The fraction of sp³-hybridized carbons (Fsp3) is 0.312. The van der Waals surface area contributed by atoms with E-state index in [9.17, 15) is 20.1 Å². The third kappa shape index (κ3) is 2.93. The van der Waals surface area contributed by atoms with Crippen LogP contribution in [0.5, 0.6) is 0 Å². The highest BCUT2D eigenvalue weighted by molar-refractivity contribution is 8.02. The van der Waals surface area contributed by atoms with Gasteiger partial charge in [0.1, 0.15) is 5.92 Å². The molecular weight excluding hydrogens is 358 g/mol. The number of nitrogens with one attached hydrogen (secondary N) is 1. The second kappa shape index (κ2) is 6.36. The van der Waals surface area contributed by atoms with E-state index in [1.807, 2.05) is 6.07 Å². The van der Waals surface area contributed by atoms with Crippen LogP contribution in [-0.2, 0) is 10.5 Å². The molecular formula is C16H13N5O2S2. The Bertz CT molecular complexity index is 1040. The van der Waals surface area contributed by atoms with Crippen LogP contribution in [0.25, 0.3) is 4.96 Å². The number of thiazole rings is 1. The summed E-state index contributed by atoms with van der Waals surface area (Å²) in [6, 6.07) is 5.51. The quantitative estimate of drug-likeness (QED) is 0.883. The van der Waals surface area contributed by atoms with Crippen LogP contribution >= 0.6 is 23.1 Å². The number of carbonyl (C=O) groups excluding carboxylic acids is 1. The van der Waals surface area contributed by atoms with Crippen LogP contribution in [-0.4, -0.2) is 15.3 Å². The van der Waals surface area contributed by atoms with E-state index in [1.54, 1.807) is 25.4 Å². The number of rotatable bonds is 3. The van der Waals surface area contributed by atoms with E-state index in [0.717, 1.165) is 0 Å². The van der Waals surface area contributed by atoms with Crippen molar-refractivity contribution in [1.29, 1.82) is 10.5 Å². The molecule has 9 heteroatoms. The molecule has 0 fully saturated rings. The van der Waals surface area contributed by atoms with Gasteiger partial charge in [-0.25, -0.2) is 4.98 Å². The Morgan fingerprint density at radius 1 is 1.44 bits per heavy atom. The van der Waals surface area contributed by atoms with Gasteiger partial charge >= 0.3 is 0 Å². The molecule has 7 nitrogen and oxygen atoms in total. The molecule has 126 valence electrons. The number of hydrogen-bond donors (Lipinski definition) is 1. The Kier molecular flexibility index (Phi) is 4.38. The van der Waals surface area contributed by atoms with Crippen molar-refractivity contribution in [3.05, 3.63) is 44.3 Å². The number of fused-ring (bicyclic) bond motifs is 1. The fourth-order valence-electron chi connectivity index (χ4n) is 2.64. The summed E-state index contributed by atoms with van der Waals surface area (Å²) in [5, 5.41) is 23.6. The summed E-state index contributed by atoms with van der Waals surface area (Å²) >= 11 is 2.59. The standard InChI is InChI=1S/C16H13N5O2S2/c1-16(2)10(6-17)13(23)20-14(11(16)7-18)25-8-9-5-12(22)21-3-4-24-15(21)19-9/h3-5,10H,8H2,1-2H3,(H,20,23)/t10-/m1/s1. The minimum Gasteiger partial charge on any atom is -0.319 e. The van der Waals surface area contributed by atoms with Gasteiger partial charge in [-0.3, -0.25) is 14.0 Å². The van der Waals surface area contributed by atoms with E-state index in [1.165, 1.54) is 33.6 Å². The van der Waals surface area contributed by atoms with Crippen molar-refractivity contribution in [1.82, 2.24) is 14.7 Å². The zero-order valence-electron chi connectivity index (χ0n) is 13.4. The minimum atomic E-state index is -0.920. The van der Waals surface area contributed by atoms with E-state index in [-0.39, 0.29) is 5.56 Å². The number of carbonyl (C=O) groups is 1. The highest BCUT2D eigenvalue weighted by Crippen LogP contribution is 2.42. The van der Waals surface area contributed by atoms with Crippen LogP contribution in [0.3, 0.4) is 0 Å². The van der Waals surface area contributed by atoms with E-state index >= 15 is 0 Å². The van der Waals surface area contributed by atoms with Gasteiger partial charge in [0.05, 0.1) is 28.4 Å². The number of nitrogens with zero attached hydrogens (tertiary/aromatic N) is 4. The summed E-state index contributed by atoms with van der Waals surface area (Å²) in [4.78, 5) is 29.2. The number of aromatic nitrogens is 2. The Balaban J connectivity index is 1.92. The van der Waals surface area contributed by atoms with Crippen molar-refractivity contribution in [2.75, 3.05) is 0 Å². The summed E-state index contributed by atoms with van der Waals surface area (Å²) in [7, 11) is 0. The maximum atomic E-state index is 12.2. The molecule has 2 aromatic rings. The molecule has 0 bridgehead atoms. The normalized spacial score (nSPS) is 19.4. The molecule has 0 unspecified atom stereocenters. The second-order valence-corrected chi connectivity index (χ2v) is 7.88. The Labute approximate surface area is 151 Å². The lowest BCUT2D eigenvalue weighted by Crippen LogP contribution is -2.44. The van der Waals surface area contributed by atoms with Gasteiger partial charge in [-0.05, 0) is 0 Å². The predicted octanol–water partition coefficient (Wildman–Crippen LogP) is 2.02. The molecule has 25 heavy (non-hydrogen) atoms. The van der Waals surface area contributed by atoms with Crippen LogP contribution < -0.4 is 10.9 Å². The fourth-order valence-corrected chi connectivity index (χ4v) is 4.45. The Morgan fingerprint density at radius 3 is 2.88 bits per heavy atom. The third-order valence-corrected chi connectivity index (χ3v) is 5.85. The highest BCUT2D eigenvalue weighted by atomic mass is 32.2. The number of hydrogen-bond acceptors (Lipinski definition) is 7. The first-order valence-electron chi connectivity index (χ1n) is 7.32. The maximum Gasteiger partial charge on any atom is 0.258 e. The molecule has 0 radical (unpaired) electrons. The number of allylic oxidation sites excluding steroid dienone is 1. The molecule has 0 saturated heterocycles. The molecule has 3 heterocycles. The summed E-state index contributed by atoms with van der Waals surface area (Å²) in [5.74, 6) is -1.01. The predicted molar refractivity (Wildman–Crippen MR) is 94.3 cm³/mol. The molecule has 1 N–H and O–H groups in total. The molecule has 0 aliphatic carbocycles. The van der Waals surface area contributed by atoms with Crippen molar-refractivity contribution in [3.63, 3.8) is 0 Å². The highest BCUT2D eigenvalue weighted by Gasteiger charge is 2.44. The van der Waals surface area contributed by atoms with Crippen molar-refractivity contribution >= 4 is 34.0 Å². The van der Waals surface area contributed by atoms with E-state index in [2.05, 4.69) is 16.4 Å². The van der Waals surface area contributed by atoms with Crippen LogP contribution in [0.2, 0.25) is 0 Å². The molecule has 0 aromatic carbocycles. The molecule has 0 spiro atoms. The average molecular weight is 371 g/mol. The molecule has 3 rings (SSSR count). The lowest BCUT2D eigenvalue weighted by molar-refractivity contribution is -0.125. The second-order valence-electron chi connectivity index (χ2n) is 6.02. The maximum absolute atomic E-state index is 12.2. The first-order valence-corrected chi connectivity index (χ1v) is 9.19. The van der Waals surface area contributed by atoms with Crippen LogP contribution in [0, 0.1) is 34.0 Å². The zero-order chi connectivity index (χ0) is 18.2. The lowest BCUT2D eigenvalue weighted by atomic mass is 9.72. The summed E-state index contributed by atoms with van der Waals surface area (Å²) < 4.78 is 1.46. The molecule has 1 aliphatic rings. The number of amides is 1. The van der Waals surface area contributed by atoms with Gasteiger partial charge in [-0.1, -0.05) is 13.8 Å². The van der Waals surface area contributed by atoms with Crippen molar-refractivity contribution < 1.29 is 4.79 Å². The van der Waals surface area contributed by atoms with Gasteiger partial charge in [0.15, 0.2) is 4.96 Å². The molecule has 2 aromatic heterocycles. The summed E-state index contributed by atoms with van der Waals surface area (Å²) in [6.45, 7) is 3.42. The molecule has 1 atom stereocenters. The molecule has 1 aliphatic heterocycles. The summed E-state index contributed by atoms with van der Waals surface area (Å²) in [5.41, 5.74) is -0.123. The van der Waals surface area contributed by atoms with Gasteiger partial charge in [-0.2, -0.15) is 10.5 Å². The summed E-state index contributed by atoms with van der Waals surface area (Å²) in [6.07, 6.45) is 1.66. The van der Waals surface area contributed by atoms with Crippen LogP contribution in [0.15, 0.2) is 33.0 Å². The zero-order valence-corrected chi connectivity index (χ0v) is 15.1. The van der Waals surface area contributed by atoms with E-state index in [4.69, 9.17) is 0 Å². The smallest absolute Gasteiger partial charge is 0.258 e. The van der Waals surface area contributed by atoms with Gasteiger partial charge in [0.2, 0.25) is 5.91 Å². The lowest BCUT2D eigenvalue weighted by Gasteiger charge is -2.34. The third-order valence-electron chi connectivity index (χ3n) is 4.05. The Hall–Kier alpha value is -2.62. The number of nitriles is 2. The first kappa shape index (κ1) is 17.2.